The van der Waals surface area contributed by atoms with Crippen LogP contribution in [0.1, 0.15) is 17.4 Å². The van der Waals surface area contributed by atoms with Crippen LogP contribution in [-0.2, 0) is 17.1 Å². The molecule has 2 aromatic rings. The van der Waals surface area contributed by atoms with Crippen LogP contribution in [0.5, 0.6) is 5.75 Å². The standard InChI is InChI=1S/C16H17F2N3O5S/c1-8(22)12-7-26-15-13(27(24,25)20-12)6-21(2)14(15)16(23)19-9-3-4-10(17)11(18)5-9/h3-6,8,12,20,22H,7H2,1-2H3,(H,19,23)/t8-,12?/m0/s1. The molecular weight excluding hydrogens is 384 g/mol. The van der Waals surface area contributed by atoms with Gasteiger partial charge in [0.15, 0.2) is 23.1 Å². The number of ether oxygens (including phenoxy) is 1. The Bertz CT molecular complexity index is 1000. The third-order valence-electron chi connectivity index (χ3n) is 4.08. The van der Waals surface area contributed by atoms with Gasteiger partial charge in [-0.05, 0) is 19.1 Å². The first kappa shape index (κ1) is 19.3. The summed E-state index contributed by atoms with van der Waals surface area (Å²) < 4.78 is 60.4. The lowest BCUT2D eigenvalue weighted by Crippen LogP contribution is -2.44. The molecule has 0 aliphatic carbocycles. The number of aliphatic hydroxyl groups excluding tert-OH is 1. The molecule has 0 fully saturated rings. The van der Waals surface area contributed by atoms with E-state index in [1.54, 1.807) is 0 Å². The second-order valence-electron chi connectivity index (χ2n) is 6.14. The van der Waals surface area contributed by atoms with Crippen molar-refractivity contribution in [2.45, 2.75) is 24.0 Å². The molecule has 2 atom stereocenters. The first-order valence-electron chi connectivity index (χ1n) is 7.89. The van der Waals surface area contributed by atoms with Crippen molar-refractivity contribution >= 4 is 21.6 Å². The predicted octanol–water partition coefficient (Wildman–Crippen LogP) is 0.976. The Balaban J connectivity index is 1.97. The molecule has 146 valence electrons. The third kappa shape index (κ3) is 3.66. The van der Waals surface area contributed by atoms with Crippen LogP contribution in [0.3, 0.4) is 0 Å². The lowest BCUT2D eigenvalue weighted by molar-refractivity contribution is 0.100. The van der Waals surface area contributed by atoms with Gasteiger partial charge in [-0.1, -0.05) is 0 Å². The van der Waals surface area contributed by atoms with E-state index in [0.29, 0.717) is 0 Å². The van der Waals surface area contributed by atoms with Crippen molar-refractivity contribution in [2.24, 2.45) is 7.05 Å². The fourth-order valence-corrected chi connectivity index (χ4v) is 4.13. The zero-order chi connectivity index (χ0) is 19.9. The zero-order valence-corrected chi connectivity index (χ0v) is 15.2. The largest absolute Gasteiger partial charge is 0.488 e. The van der Waals surface area contributed by atoms with Gasteiger partial charge in [-0.25, -0.2) is 21.9 Å². The number of nitrogens with one attached hydrogen (secondary N) is 2. The van der Waals surface area contributed by atoms with Crippen molar-refractivity contribution in [1.82, 2.24) is 9.29 Å². The first-order valence-corrected chi connectivity index (χ1v) is 9.37. The summed E-state index contributed by atoms with van der Waals surface area (Å²) in [6, 6.07) is 1.93. The zero-order valence-electron chi connectivity index (χ0n) is 14.4. The molecule has 2 heterocycles. The number of anilines is 1. The summed E-state index contributed by atoms with van der Waals surface area (Å²) in [7, 11) is -2.59. The SMILES string of the molecule is C[C@H](O)C1COc2c(cn(C)c2C(=O)Nc2ccc(F)c(F)c2)S(=O)(=O)N1. The van der Waals surface area contributed by atoms with Crippen molar-refractivity contribution in [3.8, 4) is 5.75 Å². The molecule has 0 bridgehead atoms. The molecule has 1 unspecified atom stereocenters. The minimum Gasteiger partial charge on any atom is -0.488 e. The van der Waals surface area contributed by atoms with Crippen LogP contribution in [0.2, 0.25) is 0 Å². The van der Waals surface area contributed by atoms with Crippen molar-refractivity contribution in [3.63, 3.8) is 0 Å². The number of hydrogen-bond donors (Lipinski definition) is 3. The average Bonchev–Trinajstić information content (AvgIpc) is 2.85. The maximum Gasteiger partial charge on any atom is 0.276 e. The van der Waals surface area contributed by atoms with Crippen LogP contribution in [-0.4, -0.2) is 42.8 Å². The van der Waals surface area contributed by atoms with Crippen LogP contribution in [0.4, 0.5) is 14.5 Å². The molecule has 0 saturated heterocycles. The van der Waals surface area contributed by atoms with Crippen molar-refractivity contribution < 1.29 is 31.8 Å². The molecule has 1 aliphatic heterocycles. The van der Waals surface area contributed by atoms with Gasteiger partial charge in [0.05, 0.1) is 12.1 Å². The number of hydrogen-bond acceptors (Lipinski definition) is 5. The van der Waals surface area contributed by atoms with Gasteiger partial charge in [0, 0.05) is 25.0 Å². The van der Waals surface area contributed by atoms with Crippen LogP contribution >= 0.6 is 0 Å². The summed E-state index contributed by atoms with van der Waals surface area (Å²) in [5, 5.41) is 12.0. The Morgan fingerprint density at radius 3 is 2.74 bits per heavy atom. The molecule has 27 heavy (non-hydrogen) atoms. The van der Waals surface area contributed by atoms with Gasteiger partial charge in [0.25, 0.3) is 5.91 Å². The number of aryl methyl sites for hydroxylation is 1. The number of fused-ring (bicyclic) bond motifs is 1. The normalized spacial score (nSPS) is 19.5. The molecule has 11 heteroatoms. The summed E-state index contributed by atoms with van der Waals surface area (Å²) in [6.45, 7) is 1.21. The van der Waals surface area contributed by atoms with E-state index in [2.05, 4.69) is 10.0 Å². The molecule has 3 rings (SSSR count). The van der Waals surface area contributed by atoms with Gasteiger partial charge in [-0.3, -0.25) is 4.79 Å². The van der Waals surface area contributed by atoms with Crippen molar-refractivity contribution in [1.29, 1.82) is 0 Å². The summed E-state index contributed by atoms with van der Waals surface area (Å²) in [5.41, 5.74) is -0.128. The Morgan fingerprint density at radius 1 is 1.41 bits per heavy atom. The van der Waals surface area contributed by atoms with E-state index in [1.807, 2.05) is 0 Å². The van der Waals surface area contributed by atoms with E-state index in [-0.39, 0.29) is 28.6 Å². The highest BCUT2D eigenvalue weighted by atomic mass is 32.2. The number of carbonyl (C=O) groups is 1. The maximum atomic E-state index is 13.3. The van der Waals surface area contributed by atoms with E-state index < -0.39 is 39.7 Å². The predicted molar refractivity (Wildman–Crippen MR) is 91.0 cm³/mol. The Hall–Kier alpha value is -2.50. The van der Waals surface area contributed by atoms with Gasteiger partial charge >= 0.3 is 0 Å². The molecule has 8 nitrogen and oxygen atoms in total. The number of amides is 1. The van der Waals surface area contributed by atoms with Crippen molar-refractivity contribution in [2.75, 3.05) is 11.9 Å². The molecule has 0 saturated carbocycles. The highest BCUT2D eigenvalue weighted by Crippen LogP contribution is 2.33. The third-order valence-corrected chi connectivity index (χ3v) is 5.56. The smallest absolute Gasteiger partial charge is 0.276 e. The minimum absolute atomic E-state index is 0.00897. The van der Waals surface area contributed by atoms with Gasteiger partial charge < -0.3 is 19.7 Å². The number of rotatable bonds is 3. The topological polar surface area (TPSA) is 110 Å². The number of nitrogens with zero attached hydrogens (tertiary/aromatic N) is 1. The second-order valence-corrected chi connectivity index (χ2v) is 7.83. The lowest BCUT2D eigenvalue weighted by atomic mass is 10.2. The summed E-state index contributed by atoms with van der Waals surface area (Å²) >= 11 is 0. The molecule has 1 aliphatic rings. The second kappa shape index (κ2) is 6.91. The number of benzene rings is 1. The van der Waals surface area contributed by atoms with Gasteiger partial charge in [0.2, 0.25) is 10.0 Å². The lowest BCUT2D eigenvalue weighted by Gasteiger charge is -2.18. The molecule has 1 aromatic carbocycles. The van der Waals surface area contributed by atoms with Crippen LogP contribution in [0.15, 0.2) is 29.3 Å². The van der Waals surface area contributed by atoms with Gasteiger partial charge in [-0.15, -0.1) is 0 Å². The Labute approximate surface area is 153 Å². The van der Waals surface area contributed by atoms with Crippen molar-refractivity contribution in [3.05, 3.63) is 41.7 Å². The summed E-state index contributed by atoms with van der Waals surface area (Å²) in [6.07, 6.45) is 0.180. The number of sulfonamides is 1. The highest BCUT2D eigenvalue weighted by molar-refractivity contribution is 7.89. The molecule has 1 amide bonds. The molecule has 1 aromatic heterocycles. The highest BCUT2D eigenvalue weighted by Gasteiger charge is 2.35. The van der Waals surface area contributed by atoms with Gasteiger partial charge in [-0.2, -0.15) is 0 Å². The maximum absolute atomic E-state index is 13.3. The summed E-state index contributed by atoms with van der Waals surface area (Å²) in [4.78, 5) is 12.3. The first-order chi connectivity index (χ1) is 12.6. The Kier molecular flexibility index (Phi) is 4.93. The van der Waals surface area contributed by atoms with Crippen LogP contribution in [0, 0.1) is 11.6 Å². The van der Waals surface area contributed by atoms with E-state index in [1.165, 1.54) is 30.8 Å². The van der Waals surface area contributed by atoms with E-state index in [4.69, 9.17) is 4.74 Å². The number of aliphatic hydroxyl groups is 1. The quantitative estimate of drug-likeness (QED) is 0.710. The molecule has 0 radical (unpaired) electrons. The van der Waals surface area contributed by atoms with Crippen LogP contribution < -0.4 is 14.8 Å². The Morgan fingerprint density at radius 2 is 2.11 bits per heavy atom. The fourth-order valence-electron chi connectivity index (χ4n) is 2.64. The van der Waals surface area contributed by atoms with E-state index >= 15 is 0 Å². The van der Waals surface area contributed by atoms with E-state index in [9.17, 15) is 27.1 Å². The van der Waals surface area contributed by atoms with Gasteiger partial charge in [0.1, 0.15) is 11.5 Å². The molecular formula is C16H17F2N3O5S. The molecule has 3 N–H and O–H groups in total. The average molecular weight is 401 g/mol. The monoisotopic (exact) mass is 401 g/mol. The molecule has 0 spiro atoms. The van der Waals surface area contributed by atoms with E-state index in [0.717, 1.165) is 12.1 Å². The van der Waals surface area contributed by atoms with Crippen LogP contribution in [0.25, 0.3) is 0 Å². The summed E-state index contributed by atoms with van der Waals surface area (Å²) in [5.74, 6) is -3.16. The number of aromatic nitrogens is 1. The number of halogens is 2. The fraction of sp³-hybridized carbons (Fsp3) is 0.312. The number of carbonyl (C=O) groups excluding carboxylic acids is 1. The minimum atomic E-state index is -4.04.